The van der Waals surface area contributed by atoms with Gasteiger partial charge in [-0.3, -0.25) is 9.78 Å². The quantitative estimate of drug-likeness (QED) is 0.694. The second kappa shape index (κ2) is 2.95. The summed E-state index contributed by atoms with van der Waals surface area (Å²) in [5.41, 5.74) is 1.56. The lowest BCUT2D eigenvalue weighted by atomic mass is 10.2. The lowest BCUT2D eigenvalue weighted by molar-refractivity contribution is 0.0696. The predicted molar refractivity (Wildman–Crippen MR) is 48.4 cm³/mol. The van der Waals surface area contributed by atoms with Gasteiger partial charge in [0.05, 0.1) is 22.2 Å². The first-order valence-corrected chi connectivity index (χ1v) is 3.88. The van der Waals surface area contributed by atoms with E-state index in [9.17, 15) is 9.59 Å². The first kappa shape index (κ1) is 8.43. The predicted octanol–water partition coefficient (Wildman–Crippen LogP) is 1.07. The van der Waals surface area contributed by atoms with Crippen molar-refractivity contribution in [2.24, 2.45) is 0 Å². The molecule has 0 aliphatic heterocycles. The number of carbonyl (C=O) groups excluding carboxylic acids is 1. The van der Waals surface area contributed by atoms with E-state index in [0.29, 0.717) is 22.9 Å². The van der Waals surface area contributed by atoms with Crippen LogP contribution in [-0.4, -0.2) is 27.3 Å². The monoisotopic (exact) mass is 190 g/mol. The van der Waals surface area contributed by atoms with E-state index in [-0.39, 0.29) is 5.56 Å². The SMILES string of the molecule is O=Cc1c[nH]c2cc(C(=O)O)cnc12. The Labute approximate surface area is 78.4 Å². The summed E-state index contributed by atoms with van der Waals surface area (Å²) in [6.07, 6.45) is 3.40. The highest BCUT2D eigenvalue weighted by Gasteiger charge is 2.08. The third kappa shape index (κ3) is 1.15. The largest absolute Gasteiger partial charge is 0.478 e. The fourth-order valence-electron chi connectivity index (χ4n) is 1.24. The minimum atomic E-state index is -1.04. The van der Waals surface area contributed by atoms with Crippen LogP contribution in [0.1, 0.15) is 20.7 Å². The normalized spacial score (nSPS) is 10.3. The van der Waals surface area contributed by atoms with Crippen LogP contribution in [0, 0.1) is 0 Å². The second-order valence-corrected chi connectivity index (χ2v) is 2.79. The number of aldehydes is 1. The van der Waals surface area contributed by atoms with Crippen LogP contribution >= 0.6 is 0 Å². The zero-order chi connectivity index (χ0) is 10.1. The van der Waals surface area contributed by atoms with Crippen molar-refractivity contribution in [3.05, 3.63) is 29.6 Å². The Bertz CT molecular complexity index is 516. The van der Waals surface area contributed by atoms with Crippen molar-refractivity contribution in [1.29, 1.82) is 0 Å². The molecule has 14 heavy (non-hydrogen) atoms. The molecule has 0 atom stereocenters. The van der Waals surface area contributed by atoms with Gasteiger partial charge in [0.25, 0.3) is 0 Å². The fourth-order valence-corrected chi connectivity index (χ4v) is 1.24. The van der Waals surface area contributed by atoms with Gasteiger partial charge in [0, 0.05) is 12.4 Å². The van der Waals surface area contributed by atoms with Gasteiger partial charge < -0.3 is 10.1 Å². The van der Waals surface area contributed by atoms with E-state index in [1.165, 1.54) is 18.5 Å². The summed E-state index contributed by atoms with van der Waals surface area (Å²) in [5, 5.41) is 8.68. The minimum absolute atomic E-state index is 0.0943. The number of rotatable bonds is 2. The first-order chi connectivity index (χ1) is 6.72. The summed E-state index contributed by atoms with van der Waals surface area (Å²) in [4.78, 5) is 27.8. The van der Waals surface area contributed by atoms with Crippen LogP contribution in [0.5, 0.6) is 0 Å². The van der Waals surface area contributed by atoms with E-state index in [1.807, 2.05) is 0 Å². The Morgan fingerprint density at radius 2 is 2.36 bits per heavy atom. The highest BCUT2D eigenvalue weighted by molar-refractivity contribution is 5.97. The summed E-state index contributed by atoms with van der Waals surface area (Å²) in [7, 11) is 0. The molecular formula is C9H6N2O3. The van der Waals surface area contributed by atoms with Crippen molar-refractivity contribution >= 4 is 23.3 Å². The molecule has 2 N–H and O–H groups in total. The molecule has 0 unspecified atom stereocenters. The van der Waals surface area contributed by atoms with E-state index in [2.05, 4.69) is 9.97 Å². The molecule has 0 radical (unpaired) electrons. The number of carboxylic acids is 1. The molecule has 0 saturated carbocycles. The Morgan fingerprint density at radius 3 is 3.00 bits per heavy atom. The van der Waals surface area contributed by atoms with Gasteiger partial charge in [-0.2, -0.15) is 0 Å². The number of nitrogens with one attached hydrogen (secondary N) is 1. The molecule has 0 saturated heterocycles. The number of hydrogen-bond donors (Lipinski definition) is 2. The van der Waals surface area contributed by atoms with Crippen molar-refractivity contribution in [2.45, 2.75) is 0 Å². The summed E-state index contributed by atoms with van der Waals surface area (Å²) in [6, 6.07) is 1.44. The number of aromatic nitrogens is 2. The Balaban J connectivity index is 2.68. The van der Waals surface area contributed by atoms with E-state index >= 15 is 0 Å². The van der Waals surface area contributed by atoms with E-state index < -0.39 is 5.97 Å². The van der Waals surface area contributed by atoms with Crippen molar-refractivity contribution < 1.29 is 14.7 Å². The van der Waals surface area contributed by atoms with E-state index in [4.69, 9.17) is 5.11 Å². The highest BCUT2D eigenvalue weighted by Crippen LogP contribution is 2.15. The molecule has 5 heteroatoms. The summed E-state index contributed by atoms with van der Waals surface area (Å²) in [5.74, 6) is -1.04. The van der Waals surface area contributed by atoms with Gasteiger partial charge in [0.2, 0.25) is 0 Å². The number of hydrogen-bond acceptors (Lipinski definition) is 3. The fraction of sp³-hybridized carbons (Fsp3) is 0. The molecular weight excluding hydrogens is 184 g/mol. The number of fused-ring (bicyclic) bond motifs is 1. The number of carboxylic acid groups (broad SMARTS) is 1. The molecule has 70 valence electrons. The van der Waals surface area contributed by atoms with Crippen molar-refractivity contribution in [1.82, 2.24) is 9.97 Å². The number of H-pyrrole nitrogens is 1. The van der Waals surface area contributed by atoms with Crippen LogP contribution in [0.2, 0.25) is 0 Å². The van der Waals surface area contributed by atoms with Gasteiger partial charge in [-0.05, 0) is 6.07 Å². The molecule has 2 aromatic heterocycles. The summed E-state index contributed by atoms with van der Waals surface area (Å²) < 4.78 is 0. The minimum Gasteiger partial charge on any atom is -0.478 e. The molecule has 2 aromatic rings. The summed E-state index contributed by atoms with van der Waals surface area (Å²) >= 11 is 0. The van der Waals surface area contributed by atoms with Gasteiger partial charge in [-0.15, -0.1) is 0 Å². The van der Waals surface area contributed by atoms with E-state index in [0.717, 1.165) is 0 Å². The third-order valence-electron chi connectivity index (χ3n) is 1.92. The van der Waals surface area contributed by atoms with Crippen molar-refractivity contribution in [2.75, 3.05) is 0 Å². The number of carbonyl (C=O) groups is 2. The van der Waals surface area contributed by atoms with Gasteiger partial charge in [0.15, 0.2) is 6.29 Å². The first-order valence-electron chi connectivity index (χ1n) is 3.88. The smallest absolute Gasteiger partial charge is 0.337 e. The number of aromatic carboxylic acids is 1. The van der Waals surface area contributed by atoms with Crippen LogP contribution in [0.15, 0.2) is 18.5 Å². The van der Waals surface area contributed by atoms with Crippen molar-refractivity contribution in [3.63, 3.8) is 0 Å². The number of aromatic amines is 1. The molecule has 0 aliphatic carbocycles. The Kier molecular flexibility index (Phi) is 1.78. The number of nitrogens with zero attached hydrogens (tertiary/aromatic N) is 1. The maximum absolute atomic E-state index is 10.6. The van der Waals surface area contributed by atoms with Gasteiger partial charge in [-0.1, -0.05) is 0 Å². The molecule has 2 rings (SSSR count). The molecule has 0 aliphatic rings. The average Bonchev–Trinajstić information content (AvgIpc) is 2.59. The standard InChI is InChI=1S/C9H6N2O3/c12-4-6-3-10-7-1-5(9(13)14)2-11-8(6)7/h1-4,10H,(H,13,14). The molecule has 5 nitrogen and oxygen atoms in total. The maximum atomic E-state index is 10.6. The lowest BCUT2D eigenvalue weighted by Gasteiger charge is -1.93. The van der Waals surface area contributed by atoms with Crippen LogP contribution in [0.25, 0.3) is 11.0 Å². The van der Waals surface area contributed by atoms with E-state index in [1.54, 1.807) is 0 Å². The molecule has 0 fully saturated rings. The van der Waals surface area contributed by atoms with Gasteiger partial charge >= 0.3 is 5.97 Å². The third-order valence-corrected chi connectivity index (χ3v) is 1.92. The second-order valence-electron chi connectivity index (χ2n) is 2.79. The van der Waals surface area contributed by atoms with Gasteiger partial charge in [-0.25, -0.2) is 4.79 Å². The molecule has 0 bridgehead atoms. The average molecular weight is 190 g/mol. The van der Waals surface area contributed by atoms with Crippen LogP contribution < -0.4 is 0 Å². The van der Waals surface area contributed by atoms with Crippen molar-refractivity contribution in [3.8, 4) is 0 Å². The number of pyridine rings is 1. The Morgan fingerprint density at radius 1 is 1.57 bits per heavy atom. The summed E-state index contributed by atoms with van der Waals surface area (Å²) in [6.45, 7) is 0. The highest BCUT2D eigenvalue weighted by atomic mass is 16.4. The lowest BCUT2D eigenvalue weighted by Crippen LogP contribution is -1.96. The van der Waals surface area contributed by atoms with Crippen LogP contribution in [0.3, 0.4) is 0 Å². The van der Waals surface area contributed by atoms with Crippen LogP contribution in [0.4, 0.5) is 0 Å². The van der Waals surface area contributed by atoms with Crippen LogP contribution in [-0.2, 0) is 0 Å². The zero-order valence-corrected chi connectivity index (χ0v) is 7.02. The molecule has 0 amide bonds. The zero-order valence-electron chi connectivity index (χ0n) is 7.02. The molecule has 0 aromatic carbocycles. The molecule has 2 heterocycles. The van der Waals surface area contributed by atoms with Gasteiger partial charge in [0.1, 0.15) is 0 Å². The maximum Gasteiger partial charge on any atom is 0.337 e. The Hall–Kier alpha value is -2.17. The molecule has 0 spiro atoms. The topological polar surface area (TPSA) is 83.0 Å².